The van der Waals surface area contributed by atoms with Gasteiger partial charge < -0.3 is 11.1 Å². The van der Waals surface area contributed by atoms with Crippen LogP contribution in [0.25, 0.3) is 0 Å². The van der Waals surface area contributed by atoms with Crippen LogP contribution in [-0.4, -0.2) is 15.0 Å². The van der Waals surface area contributed by atoms with E-state index >= 15 is 0 Å². The van der Waals surface area contributed by atoms with E-state index in [2.05, 4.69) is 20.3 Å². The summed E-state index contributed by atoms with van der Waals surface area (Å²) in [4.78, 5) is 12.6. The van der Waals surface area contributed by atoms with Crippen LogP contribution in [0.4, 0.5) is 17.5 Å². The van der Waals surface area contributed by atoms with Crippen LogP contribution in [0.2, 0.25) is 0 Å². The first-order chi connectivity index (χ1) is 7.65. The van der Waals surface area contributed by atoms with Gasteiger partial charge in [0, 0.05) is 17.6 Å². The average molecular weight is 215 g/mol. The molecule has 0 saturated heterocycles. The van der Waals surface area contributed by atoms with Crippen molar-refractivity contribution in [1.82, 2.24) is 15.0 Å². The highest BCUT2D eigenvalue weighted by molar-refractivity contribution is 5.65. The van der Waals surface area contributed by atoms with E-state index < -0.39 is 0 Å². The first-order valence-electron chi connectivity index (χ1n) is 4.95. The molecule has 0 amide bonds. The van der Waals surface area contributed by atoms with Crippen molar-refractivity contribution in [2.24, 2.45) is 0 Å². The minimum absolute atomic E-state index is 0.517. The van der Waals surface area contributed by atoms with Crippen molar-refractivity contribution in [3.05, 3.63) is 35.8 Å². The molecule has 0 aliphatic heterocycles. The molecular weight excluding hydrogens is 202 g/mol. The van der Waals surface area contributed by atoms with Gasteiger partial charge in [0.1, 0.15) is 0 Å². The minimum atomic E-state index is 0.517. The summed E-state index contributed by atoms with van der Waals surface area (Å²) >= 11 is 0. The first kappa shape index (κ1) is 10.4. The van der Waals surface area contributed by atoms with Crippen LogP contribution in [0.15, 0.2) is 24.4 Å². The van der Waals surface area contributed by atoms with E-state index in [1.807, 2.05) is 19.9 Å². The third-order valence-corrected chi connectivity index (χ3v) is 2.05. The molecule has 0 fully saturated rings. The fourth-order valence-corrected chi connectivity index (χ4v) is 1.41. The summed E-state index contributed by atoms with van der Waals surface area (Å²) in [6.45, 7) is 3.84. The van der Waals surface area contributed by atoms with Crippen LogP contribution in [0, 0.1) is 13.8 Å². The monoisotopic (exact) mass is 215 g/mol. The van der Waals surface area contributed by atoms with Crippen molar-refractivity contribution in [3.8, 4) is 0 Å². The molecule has 2 rings (SSSR count). The van der Waals surface area contributed by atoms with E-state index in [-0.39, 0.29) is 0 Å². The third-order valence-electron chi connectivity index (χ3n) is 2.05. The smallest absolute Gasteiger partial charge is 0.228 e. The average Bonchev–Trinajstić information content (AvgIpc) is 2.20. The molecule has 0 saturated carbocycles. The molecular formula is C11H13N5. The van der Waals surface area contributed by atoms with Crippen LogP contribution in [0.1, 0.15) is 11.4 Å². The van der Waals surface area contributed by atoms with Gasteiger partial charge in [-0.25, -0.2) is 15.0 Å². The lowest BCUT2D eigenvalue weighted by molar-refractivity contribution is 1.05. The number of hydrogen-bond acceptors (Lipinski definition) is 5. The maximum Gasteiger partial charge on any atom is 0.228 e. The molecule has 16 heavy (non-hydrogen) atoms. The molecule has 0 bridgehead atoms. The highest BCUT2D eigenvalue weighted by Crippen LogP contribution is 2.17. The molecule has 0 atom stereocenters. The molecule has 5 heteroatoms. The lowest BCUT2D eigenvalue weighted by Gasteiger charge is -2.07. The molecule has 2 heterocycles. The summed E-state index contributed by atoms with van der Waals surface area (Å²) in [7, 11) is 0. The van der Waals surface area contributed by atoms with Crippen LogP contribution in [0.3, 0.4) is 0 Å². The number of nitrogen functional groups attached to an aromatic ring is 1. The zero-order valence-corrected chi connectivity index (χ0v) is 9.23. The van der Waals surface area contributed by atoms with Gasteiger partial charge in [-0.3, -0.25) is 0 Å². The number of nitrogens with one attached hydrogen (secondary N) is 1. The van der Waals surface area contributed by atoms with Crippen LogP contribution in [0.5, 0.6) is 0 Å². The maximum atomic E-state index is 5.76. The first-order valence-corrected chi connectivity index (χ1v) is 4.95. The number of rotatable bonds is 2. The van der Waals surface area contributed by atoms with Gasteiger partial charge in [-0.2, -0.15) is 0 Å². The van der Waals surface area contributed by atoms with Gasteiger partial charge in [0.25, 0.3) is 0 Å². The summed E-state index contributed by atoms with van der Waals surface area (Å²) in [5, 5.41) is 3.00. The molecule has 5 nitrogen and oxygen atoms in total. The second-order valence-corrected chi connectivity index (χ2v) is 3.54. The molecule has 3 N–H and O–H groups in total. The summed E-state index contributed by atoms with van der Waals surface area (Å²) < 4.78 is 0. The summed E-state index contributed by atoms with van der Waals surface area (Å²) in [5.74, 6) is 1.09. The standard InChI is InChI=1S/C11H13N5/c1-7-6-8(2)15-11(14-7)16-10-9(12)4-3-5-13-10/h3-6H,12H2,1-2H3,(H,13,14,15,16). The fraction of sp³-hybridized carbons (Fsp3) is 0.182. The van der Waals surface area contributed by atoms with Gasteiger partial charge >= 0.3 is 0 Å². The van der Waals surface area contributed by atoms with Crippen LogP contribution in [-0.2, 0) is 0 Å². The molecule has 2 aromatic rings. The molecule has 2 aromatic heterocycles. The number of anilines is 3. The van der Waals surface area contributed by atoms with E-state index in [1.165, 1.54) is 0 Å². The normalized spacial score (nSPS) is 10.1. The van der Waals surface area contributed by atoms with Crippen molar-refractivity contribution in [1.29, 1.82) is 0 Å². The van der Waals surface area contributed by atoms with Crippen molar-refractivity contribution in [2.75, 3.05) is 11.1 Å². The maximum absolute atomic E-state index is 5.76. The summed E-state index contributed by atoms with van der Waals surface area (Å²) in [6, 6.07) is 5.47. The number of nitrogens with zero attached hydrogens (tertiary/aromatic N) is 3. The Morgan fingerprint density at radius 2 is 1.88 bits per heavy atom. The van der Waals surface area contributed by atoms with E-state index in [1.54, 1.807) is 18.3 Å². The molecule has 0 spiro atoms. The highest BCUT2D eigenvalue weighted by Gasteiger charge is 2.03. The Bertz CT molecular complexity index is 489. The van der Waals surface area contributed by atoms with Crippen molar-refractivity contribution >= 4 is 17.5 Å². The number of aromatic nitrogens is 3. The van der Waals surface area contributed by atoms with Crippen molar-refractivity contribution < 1.29 is 0 Å². The summed E-state index contributed by atoms with van der Waals surface area (Å²) in [5.41, 5.74) is 8.15. The van der Waals surface area contributed by atoms with E-state index in [0.717, 1.165) is 11.4 Å². The second-order valence-electron chi connectivity index (χ2n) is 3.54. The predicted molar refractivity (Wildman–Crippen MR) is 63.4 cm³/mol. The second kappa shape index (κ2) is 4.14. The van der Waals surface area contributed by atoms with Crippen molar-refractivity contribution in [2.45, 2.75) is 13.8 Å². The lowest BCUT2D eigenvalue weighted by atomic mass is 10.3. The van der Waals surface area contributed by atoms with Crippen LogP contribution < -0.4 is 11.1 Å². The van der Waals surface area contributed by atoms with Gasteiger partial charge in [-0.15, -0.1) is 0 Å². The lowest BCUT2D eigenvalue weighted by Crippen LogP contribution is -2.03. The van der Waals surface area contributed by atoms with Crippen LogP contribution >= 0.6 is 0 Å². The molecule has 0 aromatic carbocycles. The number of pyridine rings is 1. The summed E-state index contributed by atoms with van der Waals surface area (Å²) in [6.07, 6.45) is 1.67. The van der Waals surface area contributed by atoms with E-state index in [0.29, 0.717) is 17.5 Å². The highest BCUT2D eigenvalue weighted by atomic mass is 15.1. The Balaban J connectivity index is 2.30. The fourth-order valence-electron chi connectivity index (χ4n) is 1.41. The predicted octanol–water partition coefficient (Wildman–Crippen LogP) is 1.81. The number of hydrogen-bond donors (Lipinski definition) is 2. The number of nitrogens with two attached hydrogens (primary N) is 1. The van der Waals surface area contributed by atoms with Gasteiger partial charge in [-0.1, -0.05) is 0 Å². The SMILES string of the molecule is Cc1cc(C)nc(Nc2ncccc2N)n1. The Morgan fingerprint density at radius 1 is 1.19 bits per heavy atom. The zero-order valence-electron chi connectivity index (χ0n) is 9.23. The number of aryl methyl sites for hydroxylation is 2. The largest absolute Gasteiger partial charge is 0.396 e. The minimum Gasteiger partial charge on any atom is -0.396 e. The Labute approximate surface area is 93.8 Å². The Morgan fingerprint density at radius 3 is 2.50 bits per heavy atom. The molecule has 0 radical (unpaired) electrons. The third kappa shape index (κ3) is 2.25. The molecule has 82 valence electrons. The van der Waals surface area contributed by atoms with Crippen molar-refractivity contribution in [3.63, 3.8) is 0 Å². The zero-order chi connectivity index (χ0) is 11.5. The Kier molecular flexibility index (Phi) is 2.68. The molecule has 0 aliphatic rings. The van der Waals surface area contributed by atoms with Gasteiger partial charge in [-0.05, 0) is 32.0 Å². The van der Waals surface area contributed by atoms with Gasteiger partial charge in [0.15, 0.2) is 5.82 Å². The van der Waals surface area contributed by atoms with E-state index in [4.69, 9.17) is 5.73 Å². The molecule has 0 unspecified atom stereocenters. The topological polar surface area (TPSA) is 76.7 Å². The Hall–Kier alpha value is -2.17. The molecule has 0 aliphatic carbocycles. The van der Waals surface area contributed by atoms with Gasteiger partial charge in [0.05, 0.1) is 5.69 Å². The van der Waals surface area contributed by atoms with E-state index in [9.17, 15) is 0 Å². The quantitative estimate of drug-likeness (QED) is 0.799. The van der Waals surface area contributed by atoms with Gasteiger partial charge in [0.2, 0.25) is 5.95 Å².